The quantitative estimate of drug-likeness (QED) is 0.652. The Hall–Kier alpha value is -2.78. The lowest BCUT2D eigenvalue weighted by Gasteiger charge is -2.09. The Bertz CT molecular complexity index is 842. The molecule has 1 aromatic heterocycles. The minimum Gasteiger partial charge on any atom is -0.396 e. The third kappa shape index (κ3) is 7.57. The first-order chi connectivity index (χ1) is 14.6. The van der Waals surface area contributed by atoms with Gasteiger partial charge in [-0.05, 0) is 56.1 Å². The number of benzene rings is 1. The number of aromatic nitrogens is 2. The first-order valence-corrected chi connectivity index (χ1v) is 10.7. The number of anilines is 1. The summed E-state index contributed by atoms with van der Waals surface area (Å²) in [6.07, 6.45) is 8.44. The monoisotopic (exact) mass is 407 g/mol. The smallest absolute Gasteiger partial charge is 0.155 e. The number of hydrogen-bond donors (Lipinski definition) is 2. The zero-order valence-corrected chi connectivity index (χ0v) is 18.3. The van der Waals surface area contributed by atoms with E-state index in [1.54, 1.807) is 12.5 Å². The van der Waals surface area contributed by atoms with Crippen molar-refractivity contribution in [3.8, 4) is 6.07 Å². The van der Waals surface area contributed by atoms with Crippen LogP contribution in [-0.2, 0) is 12.8 Å². The van der Waals surface area contributed by atoms with Gasteiger partial charge in [-0.1, -0.05) is 37.6 Å². The van der Waals surface area contributed by atoms with Crippen molar-refractivity contribution < 1.29 is 5.11 Å². The highest BCUT2D eigenvalue weighted by molar-refractivity contribution is 5.70. The first kappa shape index (κ1) is 23.5. The van der Waals surface area contributed by atoms with E-state index in [9.17, 15) is 0 Å². The number of rotatable bonds is 7. The summed E-state index contributed by atoms with van der Waals surface area (Å²) in [5.41, 5.74) is 3.91. The molecule has 1 aliphatic carbocycles. The fourth-order valence-electron chi connectivity index (χ4n) is 3.61. The van der Waals surface area contributed by atoms with Crippen LogP contribution in [0, 0.1) is 30.1 Å². The van der Waals surface area contributed by atoms with Gasteiger partial charge in [0.05, 0.1) is 18.2 Å². The molecule has 0 radical (unpaired) electrons. The number of nitriles is 1. The van der Waals surface area contributed by atoms with E-state index in [1.165, 1.54) is 24.8 Å². The molecule has 0 amide bonds. The van der Waals surface area contributed by atoms with Crippen LogP contribution in [0.4, 0.5) is 11.5 Å². The Morgan fingerprint density at radius 3 is 2.53 bits per heavy atom. The molecule has 1 aliphatic rings. The number of nitrogens with one attached hydrogen (secondary N) is 1. The lowest BCUT2D eigenvalue weighted by Crippen LogP contribution is -2.07. The normalized spacial score (nSPS) is 18.0. The summed E-state index contributed by atoms with van der Waals surface area (Å²) < 4.78 is 0. The molecule has 1 aromatic carbocycles. The van der Waals surface area contributed by atoms with Crippen LogP contribution >= 0.6 is 0 Å². The topological polar surface area (TPSA) is 94.2 Å². The zero-order chi connectivity index (χ0) is 21.8. The highest BCUT2D eigenvalue weighted by atomic mass is 16.3. The molecule has 1 fully saturated rings. The third-order valence-electron chi connectivity index (χ3n) is 5.34. The first-order valence-electron chi connectivity index (χ1n) is 10.7. The Morgan fingerprint density at radius 1 is 1.23 bits per heavy atom. The Labute approximate surface area is 180 Å². The second-order valence-electron chi connectivity index (χ2n) is 7.84. The minimum atomic E-state index is 0.407. The van der Waals surface area contributed by atoms with Crippen LogP contribution < -0.4 is 5.32 Å². The lowest BCUT2D eigenvalue weighted by molar-refractivity contribution is 0.227. The number of hydrogen-bond acceptors (Lipinski definition) is 6. The van der Waals surface area contributed by atoms with Crippen molar-refractivity contribution in [2.45, 2.75) is 52.9 Å². The highest BCUT2D eigenvalue weighted by Crippen LogP contribution is 2.29. The Morgan fingerprint density at radius 2 is 1.97 bits per heavy atom. The molecule has 1 heterocycles. The van der Waals surface area contributed by atoms with Gasteiger partial charge in [-0.2, -0.15) is 5.26 Å². The number of aliphatic hydroxyl groups is 1. The molecule has 0 saturated heterocycles. The summed E-state index contributed by atoms with van der Waals surface area (Å²) in [4.78, 5) is 12.7. The van der Waals surface area contributed by atoms with E-state index in [1.807, 2.05) is 26.0 Å². The summed E-state index contributed by atoms with van der Waals surface area (Å²) in [7, 11) is 0. The average molecular weight is 408 g/mol. The fourth-order valence-corrected chi connectivity index (χ4v) is 3.61. The van der Waals surface area contributed by atoms with Gasteiger partial charge in [-0.3, -0.25) is 4.99 Å². The molecule has 0 aliphatic heterocycles. The molecule has 2 unspecified atom stereocenters. The number of aliphatic hydroxyl groups excluding tert-OH is 1. The van der Waals surface area contributed by atoms with Crippen LogP contribution in [0.25, 0.3) is 0 Å². The van der Waals surface area contributed by atoms with E-state index in [0.717, 1.165) is 41.6 Å². The summed E-state index contributed by atoms with van der Waals surface area (Å²) in [6.45, 7) is 7.22. The lowest BCUT2D eigenvalue weighted by atomic mass is 10.1. The van der Waals surface area contributed by atoms with E-state index in [2.05, 4.69) is 45.4 Å². The highest BCUT2D eigenvalue weighted by Gasteiger charge is 2.19. The molecule has 2 atom stereocenters. The maximum absolute atomic E-state index is 8.68. The molecule has 0 spiro atoms. The van der Waals surface area contributed by atoms with Crippen LogP contribution in [0.3, 0.4) is 0 Å². The number of aliphatic imine (C=N–C) groups is 1. The molecular formula is C24H33N5O. The van der Waals surface area contributed by atoms with Crippen LogP contribution in [0.1, 0.15) is 49.9 Å². The van der Waals surface area contributed by atoms with Crippen molar-refractivity contribution in [1.29, 1.82) is 5.26 Å². The molecule has 6 heteroatoms. The van der Waals surface area contributed by atoms with Crippen LogP contribution in [-0.4, -0.2) is 34.4 Å². The maximum atomic E-state index is 8.68. The summed E-state index contributed by atoms with van der Waals surface area (Å²) >= 11 is 0. The zero-order valence-electron chi connectivity index (χ0n) is 18.3. The molecule has 2 N–H and O–H groups in total. The second kappa shape index (κ2) is 12.7. The predicted octanol–water partition coefficient (Wildman–Crippen LogP) is 4.64. The fraction of sp³-hybridized carbons (Fsp3) is 0.500. The van der Waals surface area contributed by atoms with Gasteiger partial charge in [0.15, 0.2) is 5.82 Å². The minimum absolute atomic E-state index is 0.407. The van der Waals surface area contributed by atoms with Crippen molar-refractivity contribution in [3.05, 3.63) is 47.4 Å². The Kier molecular flexibility index (Phi) is 9.96. The number of aryl methyl sites for hydroxylation is 1. The molecule has 30 heavy (non-hydrogen) atoms. The second-order valence-corrected chi connectivity index (χ2v) is 7.84. The van der Waals surface area contributed by atoms with E-state index in [4.69, 9.17) is 10.4 Å². The third-order valence-corrected chi connectivity index (χ3v) is 5.34. The molecule has 3 rings (SSSR count). The van der Waals surface area contributed by atoms with Gasteiger partial charge in [-0.15, -0.1) is 0 Å². The van der Waals surface area contributed by atoms with E-state index in [0.29, 0.717) is 18.9 Å². The molecule has 6 nitrogen and oxygen atoms in total. The van der Waals surface area contributed by atoms with Gasteiger partial charge >= 0.3 is 0 Å². The molecular weight excluding hydrogens is 374 g/mol. The predicted molar refractivity (Wildman–Crippen MR) is 122 cm³/mol. The van der Waals surface area contributed by atoms with Gasteiger partial charge < -0.3 is 10.4 Å². The molecule has 160 valence electrons. The van der Waals surface area contributed by atoms with Crippen molar-refractivity contribution in [2.75, 3.05) is 18.5 Å². The standard InChI is InChI=1S/C17H19N5.C7H14O/c1-3-19-16-13(2)21-12-22-17(16)20-11-9-15-6-4-14(5-7-15)8-10-18;1-6-2-3-7(4-6)5-8/h3-7,12H,8-9,11H2,1-2H3,(H,20,21,22);6-8H,2-5H2,1H3. The van der Waals surface area contributed by atoms with Gasteiger partial charge in [0.2, 0.25) is 0 Å². The number of nitrogens with zero attached hydrogens (tertiary/aromatic N) is 4. The SMILES string of the molecule is CC1CCC(CO)C1.CC=Nc1c(C)ncnc1NCCc1ccc(CC#N)cc1. The van der Waals surface area contributed by atoms with Crippen molar-refractivity contribution >= 4 is 17.7 Å². The molecule has 1 saturated carbocycles. The maximum Gasteiger partial charge on any atom is 0.155 e. The van der Waals surface area contributed by atoms with Gasteiger partial charge in [0.1, 0.15) is 12.0 Å². The van der Waals surface area contributed by atoms with Crippen LogP contribution in [0.5, 0.6) is 0 Å². The van der Waals surface area contributed by atoms with Gasteiger partial charge in [0.25, 0.3) is 0 Å². The van der Waals surface area contributed by atoms with Crippen molar-refractivity contribution in [2.24, 2.45) is 16.8 Å². The molecule has 2 aromatic rings. The summed E-state index contributed by atoms with van der Waals surface area (Å²) in [5.74, 6) is 2.25. The average Bonchev–Trinajstić information content (AvgIpc) is 3.18. The van der Waals surface area contributed by atoms with Crippen LogP contribution in [0.15, 0.2) is 35.6 Å². The van der Waals surface area contributed by atoms with E-state index in [-0.39, 0.29) is 0 Å². The largest absolute Gasteiger partial charge is 0.396 e. The Balaban J connectivity index is 0.000000335. The summed E-state index contributed by atoms with van der Waals surface area (Å²) in [6, 6.07) is 10.3. The van der Waals surface area contributed by atoms with Crippen molar-refractivity contribution in [3.63, 3.8) is 0 Å². The summed E-state index contributed by atoms with van der Waals surface area (Å²) in [5, 5.41) is 20.7. The van der Waals surface area contributed by atoms with E-state index < -0.39 is 0 Å². The van der Waals surface area contributed by atoms with Gasteiger partial charge in [0, 0.05) is 19.4 Å². The van der Waals surface area contributed by atoms with Gasteiger partial charge in [-0.25, -0.2) is 9.97 Å². The van der Waals surface area contributed by atoms with Crippen molar-refractivity contribution in [1.82, 2.24) is 9.97 Å². The molecule has 0 bridgehead atoms. The van der Waals surface area contributed by atoms with E-state index >= 15 is 0 Å². The van der Waals surface area contributed by atoms with Crippen LogP contribution in [0.2, 0.25) is 0 Å².